The molecule has 0 aromatic carbocycles. The maximum Gasteiger partial charge on any atom is 0 e. The molecular formula is H6Li2O3Ti. The first-order chi connectivity index (χ1) is 0. The monoisotopic (exact) mass is 116 g/mol. The van der Waals surface area contributed by atoms with Crippen molar-refractivity contribution in [3.05, 3.63) is 0 Å². The first kappa shape index (κ1) is 112. The van der Waals surface area contributed by atoms with Crippen molar-refractivity contribution in [2.75, 3.05) is 0 Å². The third kappa shape index (κ3) is 41.5. The van der Waals surface area contributed by atoms with E-state index in [0.717, 1.165) is 0 Å². The summed E-state index contributed by atoms with van der Waals surface area (Å²) in [5, 5.41) is 0. The molecule has 0 aliphatic carbocycles. The summed E-state index contributed by atoms with van der Waals surface area (Å²) in [5.74, 6) is 0. The van der Waals surface area contributed by atoms with Crippen LogP contribution in [0.4, 0.5) is 0 Å². The van der Waals surface area contributed by atoms with Crippen LogP contribution in [0.15, 0.2) is 0 Å². The molecule has 0 spiro atoms. The van der Waals surface area contributed by atoms with Gasteiger partial charge >= 0.3 is 0 Å². The Morgan fingerprint density at radius 1 is 0.500 bits per heavy atom. The van der Waals surface area contributed by atoms with Gasteiger partial charge in [0.05, 0.1) is 0 Å². The molecule has 0 rings (SSSR count). The summed E-state index contributed by atoms with van der Waals surface area (Å²) in [5.41, 5.74) is 0. The maximum absolute atomic E-state index is 0. The standard InChI is InChI=1S/2Li.3H2O.Ti/h;;3*1H2;. The second-order valence-corrected chi connectivity index (χ2v) is 0. The molecular weight excluding hydrogens is 110 g/mol. The second kappa shape index (κ2) is 71.1. The molecule has 0 atom stereocenters. The Hall–Kier alpha value is 1.79. The molecule has 0 aromatic heterocycles. The Kier molecular flexibility index (Phi) is 1330. The molecule has 0 fully saturated rings. The van der Waals surface area contributed by atoms with Gasteiger partial charge in [0.15, 0.2) is 0 Å². The minimum Gasteiger partial charge on any atom is -0.412 e. The van der Waals surface area contributed by atoms with Crippen molar-refractivity contribution in [3.63, 3.8) is 0 Å². The van der Waals surface area contributed by atoms with Gasteiger partial charge in [0.2, 0.25) is 0 Å². The summed E-state index contributed by atoms with van der Waals surface area (Å²) in [7, 11) is 0. The normalized spacial score (nSPS) is 0. The predicted molar refractivity (Wildman–Crippen MR) is 22.3 cm³/mol. The van der Waals surface area contributed by atoms with Crippen LogP contribution in [0.25, 0.3) is 0 Å². The molecule has 0 aromatic rings. The van der Waals surface area contributed by atoms with Crippen molar-refractivity contribution >= 4 is 37.7 Å². The van der Waals surface area contributed by atoms with Gasteiger partial charge in [-0.3, -0.25) is 0 Å². The summed E-state index contributed by atoms with van der Waals surface area (Å²) in [6, 6.07) is 0. The Balaban J connectivity index is 0. The molecule has 0 unspecified atom stereocenters. The average molecular weight is 116 g/mol. The van der Waals surface area contributed by atoms with E-state index in [9.17, 15) is 0 Å². The van der Waals surface area contributed by atoms with Crippen LogP contribution in [0.5, 0.6) is 0 Å². The molecule has 2 radical (unpaired) electrons. The zero-order chi connectivity index (χ0) is 0. The fourth-order valence-corrected chi connectivity index (χ4v) is 0. The van der Waals surface area contributed by atoms with Crippen molar-refractivity contribution in [2.24, 2.45) is 0 Å². The molecule has 0 saturated carbocycles. The van der Waals surface area contributed by atoms with Gasteiger partial charge in [0.25, 0.3) is 0 Å². The fraction of sp³-hybridized carbons (Fsp3) is 0. The van der Waals surface area contributed by atoms with Crippen molar-refractivity contribution in [1.29, 1.82) is 0 Å². The Morgan fingerprint density at radius 2 is 0.500 bits per heavy atom. The van der Waals surface area contributed by atoms with Crippen molar-refractivity contribution in [2.45, 2.75) is 0 Å². The summed E-state index contributed by atoms with van der Waals surface area (Å²) >= 11 is 0. The maximum atomic E-state index is 0. The third-order valence-corrected chi connectivity index (χ3v) is 0. The van der Waals surface area contributed by atoms with E-state index in [1.165, 1.54) is 0 Å². The summed E-state index contributed by atoms with van der Waals surface area (Å²) in [6.07, 6.45) is 0. The Bertz CT molecular complexity index is 8.75. The fourth-order valence-electron chi connectivity index (χ4n) is 0. The van der Waals surface area contributed by atoms with Crippen LogP contribution in [-0.2, 0) is 21.7 Å². The van der Waals surface area contributed by atoms with E-state index in [0.29, 0.717) is 0 Å². The van der Waals surface area contributed by atoms with Crippen molar-refractivity contribution in [3.8, 4) is 0 Å². The van der Waals surface area contributed by atoms with E-state index in [2.05, 4.69) is 0 Å². The number of hydrogen-bond donors (Lipinski definition) is 0. The zero-order valence-electron chi connectivity index (χ0n) is 4.00. The topological polar surface area (TPSA) is 94.5 Å². The Labute approximate surface area is 75.4 Å². The van der Waals surface area contributed by atoms with Gasteiger partial charge in [-0.05, 0) is 0 Å². The summed E-state index contributed by atoms with van der Waals surface area (Å²) < 4.78 is 0. The van der Waals surface area contributed by atoms with Gasteiger partial charge in [-0.15, -0.1) is 0 Å². The smallest absolute Gasteiger partial charge is 0 e. The van der Waals surface area contributed by atoms with Gasteiger partial charge < -0.3 is 16.4 Å². The van der Waals surface area contributed by atoms with E-state index in [4.69, 9.17) is 0 Å². The quantitative estimate of drug-likeness (QED) is 0.297. The largest absolute Gasteiger partial charge is 0.412 e. The van der Waals surface area contributed by atoms with Crippen molar-refractivity contribution in [1.82, 2.24) is 0 Å². The van der Waals surface area contributed by atoms with E-state index < -0.39 is 0 Å². The molecule has 3 nitrogen and oxygen atoms in total. The average Bonchev–Trinajstić information content (AvgIpc) is 0. The molecule has 0 aliphatic heterocycles. The van der Waals surface area contributed by atoms with Crippen LogP contribution in [-0.4, -0.2) is 54.1 Å². The van der Waals surface area contributed by atoms with Gasteiger partial charge in [-0.2, -0.15) is 0 Å². The minimum absolute atomic E-state index is 0. The van der Waals surface area contributed by atoms with Crippen LogP contribution < -0.4 is 0 Å². The molecule has 6 heteroatoms. The molecule has 6 heavy (non-hydrogen) atoms. The van der Waals surface area contributed by atoms with E-state index >= 15 is 0 Å². The molecule has 6 N–H and O–H groups in total. The van der Waals surface area contributed by atoms with E-state index in [1.54, 1.807) is 0 Å². The summed E-state index contributed by atoms with van der Waals surface area (Å²) in [4.78, 5) is 0. The third-order valence-electron chi connectivity index (χ3n) is 0. The van der Waals surface area contributed by atoms with E-state index in [-0.39, 0.29) is 75.9 Å². The first-order valence-electron chi connectivity index (χ1n) is 0. The van der Waals surface area contributed by atoms with Crippen LogP contribution in [0, 0.1) is 0 Å². The van der Waals surface area contributed by atoms with Gasteiger partial charge in [0.1, 0.15) is 0 Å². The van der Waals surface area contributed by atoms with Crippen LogP contribution in [0.2, 0.25) is 0 Å². The predicted octanol–water partition coefficient (Wildman–Crippen LogP) is -3.24. The second-order valence-electron chi connectivity index (χ2n) is 0. The van der Waals surface area contributed by atoms with Crippen molar-refractivity contribution < 1.29 is 38.1 Å². The molecule has 0 saturated heterocycles. The SMILES string of the molecule is O.O.O.[Li].[Li].[Ti]. The number of rotatable bonds is 0. The minimum atomic E-state index is 0. The van der Waals surface area contributed by atoms with Crippen LogP contribution in [0.3, 0.4) is 0 Å². The van der Waals surface area contributed by atoms with Gasteiger partial charge in [-0.1, -0.05) is 0 Å². The summed E-state index contributed by atoms with van der Waals surface area (Å²) in [6.45, 7) is 0. The van der Waals surface area contributed by atoms with E-state index in [1.807, 2.05) is 0 Å². The molecule has 0 aliphatic rings. The molecule has 30 valence electrons. The molecule has 0 amide bonds. The molecule has 0 heterocycles. The molecule has 0 bridgehead atoms. The van der Waals surface area contributed by atoms with Crippen LogP contribution >= 0.6 is 0 Å². The van der Waals surface area contributed by atoms with Crippen LogP contribution in [0.1, 0.15) is 0 Å². The van der Waals surface area contributed by atoms with Gasteiger partial charge in [-0.25, -0.2) is 0 Å². The Morgan fingerprint density at radius 3 is 0.500 bits per heavy atom. The number of hydrogen-bond acceptors (Lipinski definition) is 0. The zero-order valence-corrected chi connectivity index (χ0v) is 5.56. The first-order valence-corrected chi connectivity index (χ1v) is 0. The van der Waals surface area contributed by atoms with Gasteiger partial charge in [0, 0.05) is 59.4 Å².